The summed E-state index contributed by atoms with van der Waals surface area (Å²) in [5, 5.41) is 0. The van der Waals surface area contributed by atoms with Gasteiger partial charge in [0.2, 0.25) is 0 Å². The summed E-state index contributed by atoms with van der Waals surface area (Å²) in [6.45, 7) is 7.37. The van der Waals surface area contributed by atoms with Gasteiger partial charge in [-0.1, -0.05) is 12.1 Å². The molecule has 0 bridgehead atoms. The normalized spacial score (nSPS) is 26.9. The van der Waals surface area contributed by atoms with Crippen LogP contribution in [0.3, 0.4) is 0 Å². The smallest absolute Gasteiger partial charge is 0.0321 e. The van der Waals surface area contributed by atoms with Gasteiger partial charge in [-0.05, 0) is 57.0 Å². The first kappa shape index (κ1) is 12.9. The molecule has 2 N–H and O–H groups in total. The molecule has 1 aromatic carbocycles. The van der Waals surface area contributed by atoms with Gasteiger partial charge in [-0.2, -0.15) is 0 Å². The summed E-state index contributed by atoms with van der Waals surface area (Å²) >= 11 is 0. The highest BCUT2D eigenvalue weighted by Crippen LogP contribution is 2.28. The Kier molecular flexibility index (Phi) is 3.76. The number of rotatable bonds is 3. The molecule has 2 saturated heterocycles. The first-order valence-electron chi connectivity index (χ1n) is 7.57. The van der Waals surface area contributed by atoms with Gasteiger partial charge >= 0.3 is 0 Å². The lowest BCUT2D eigenvalue weighted by Crippen LogP contribution is -2.35. The minimum absolute atomic E-state index is 0.483. The van der Waals surface area contributed by atoms with Crippen molar-refractivity contribution < 1.29 is 0 Å². The Balaban J connectivity index is 1.63. The molecule has 2 heterocycles. The molecule has 1 aromatic rings. The molecule has 19 heavy (non-hydrogen) atoms. The zero-order chi connectivity index (χ0) is 13.2. The second-order valence-corrected chi connectivity index (χ2v) is 6.03. The molecule has 2 fully saturated rings. The van der Waals surface area contributed by atoms with Crippen LogP contribution in [0.4, 0.5) is 5.69 Å². The zero-order valence-electron chi connectivity index (χ0n) is 11.9. The van der Waals surface area contributed by atoms with E-state index in [4.69, 9.17) is 5.73 Å². The molecule has 0 aromatic heterocycles. The predicted molar refractivity (Wildman–Crippen MR) is 80.1 cm³/mol. The van der Waals surface area contributed by atoms with Gasteiger partial charge in [-0.15, -0.1) is 0 Å². The second kappa shape index (κ2) is 5.51. The van der Waals surface area contributed by atoms with E-state index in [1.807, 2.05) is 6.07 Å². The third kappa shape index (κ3) is 2.77. The Labute approximate surface area is 116 Å². The first-order chi connectivity index (χ1) is 9.24. The summed E-state index contributed by atoms with van der Waals surface area (Å²) in [4.78, 5) is 5.30. The Morgan fingerprint density at radius 2 is 2.00 bits per heavy atom. The summed E-state index contributed by atoms with van der Waals surface area (Å²) < 4.78 is 0. The Hall–Kier alpha value is -1.06. The van der Waals surface area contributed by atoms with E-state index in [-0.39, 0.29) is 0 Å². The van der Waals surface area contributed by atoms with E-state index in [9.17, 15) is 0 Å². The number of nitrogens with zero attached hydrogens (tertiary/aromatic N) is 2. The van der Waals surface area contributed by atoms with Crippen LogP contribution < -0.4 is 5.73 Å². The number of nitrogen functional groups attached to an aromatic ring is 1. The minimum atomic E-state index is 0.483. The standard InChI is InChI=1S/C16H25N3/c1-13(14-5-4-6-15(17)11-14)19-10-7-16(12-19)18-8-2-3-9-18/h4-6,11,13,16H,2-3,7-10,12,17H2,1H3. The molecular formula is C16H25N3. The first-order valence-corrected chi connectivity index (χ1v) is 7.57. The van der Waals surface area contributed by atoms with Crippen LogP contribution in [0.15, 0.2) is 24.3 Å². The van der Waals surface area contributed by atoms with Gasteiger partial charge in [-0.3, -0.25) is 9.80 Å². The molecule has 3 rings (SSSR count). The Morgan fingerprint density at radius 3 is 2.74 bits per heavy atom. The summed E-state index contributed by atoms with van der Waals surface area (Å²) in [7, 11) is 0. The van der Waals surface area contributed by atoms with Crippen molar-refractivity contribution in [3.63, 3.8) is 0 Å². The maximum atomic E-state index is 5.90. The highest BCUT2D eigenvalue weighted by atomic mass is 15.3. The molecule has 104 valence electrons. The fourth-order valence-electron chi connectivity index (χ4n) is 3.55. The highest BCUT2D eigenvalue weighted by Gasteiger charge is 2.31. The van der Waals surface area contributed by atoms with Gasteiger partial charge in [0.05, 0.1) is 0 Å². The Bertz CT molecular complexity index is 426. The Morgan fingerprint density at radius 1 is 1.21 bits per heavy atom. The molecular weight excluding hydrogens is 234 g/mol. The predicted octanol–water partition coefficient (Wildman–Crippen LogP) is 2.50. The van der Waals surface area contributed by atoms with E-state index in [1.165, 1.54) is 51.0 Å². The van der Waals surface area contributed by atoms with Crippen molar-refractivity contribution in [2.24, 2.45) is 0 Å². The molecule has 2 unspecified atom stereocenters. The number of nitrogens with two attached hydrogens (primary N) is 1. The van der Waals surface area contributed by atoms with E-state index in [0.29, 0.717) is 6.04 Å². The van der Waals surface area contributed by atoms with E-state index in [0.717, 1.165) is 11.7 Å². The van der Waals surface area contributed by atoms with Crippen molar-refractivity contribution in [2.75, 3.05) is 31.9 Å². The van der Waals surface area contributed by atoms with Gasteiger partial charge in [0.1, 0.15) is 0 Å². The fraction of sp³-hybridized carbons (Fsp3) is 0.625. The number of anilines is 1. The lowest BCUT2D eigenvalue weighted by Gasteiger charge is -2.27. The van der Waals surface area contributed by atoms with Crippen LogP contribution in [-0.2, 0) is 0 Å². The van der Waals surface area contributed by atoms with Crippen LogP contribution in [0.5, 0.6) is 0 Å². The van der Waals surface area contributed by atoms with Gasteiger partial charge in [0.15, 0.2) is 0 Å². The largest absolute Gasteiger partial charge is 0.399 e. The number of benzene rings is 1. The molecule has 2 aliphatic heterocycles. The molecule has 0 aliphatic carbocycles. The third-order valence-electron chi connectivity index (χ3n) is 4.79. The van der Waals surface area contributed by atoms with Crippen molar-refractivity contribution in [3.8, 4) is 0 Å². The maximum Gasteiger partial charge on any atom is 0.0321 e. The summed E-state index contributed by atoms with van der Waals surface area (Å²) in [6, 6.07) is 9.61. The molecule has 3 heteroatoms. The molecule has 2 aliphatic rings. The van der Waals surface area contributed by atoms with Crippen LogP contribution in [0.1, 0.15) is 37.8 Å². The molecule has 0 saturated carbocycles. The molecule has 2 atom stereocenters. The monoisotopic (exact) mass is 259 g/mol. The molecule has 3 nitrogen and oxygen atoms in total. The maximum absolute atomic E-state index is 5.90. The lowest BCUT2D eigenvalue weighted by atomic mass is 10.1. The van der Waals surface area contributed by atoms with Gasteiger partial charge in [-0.25, -0.2) is 0 Å². The average molecular weight is 259 g/mol. The quantitative estimate of drug-likeness (QED) is 0.847. The fourth-order valence-corrected chi connectivity index (χ4v) is 3.55. The van der Waals surface area contributed by atoms with Crippen LogP contribution >= 0.6 is 0 Å². The minimum Gasteiger partial charge on any atom is -0.399 e. The van der Waals surface area contributed by atoms with Crippen molar-refractivity contribution in [3.05, 3.63) is 29.8 Å². The van der Waals surface area contributed by atoms with Gasteiger partial charge < -0.3 is 5.73 Å². The van der Waals surface area contributed by atoms with Crippen molar-refractivity contribution >= 4 is 5.69 Å². The highest BCUT2D eigenvalue weighted by molar-refractivity contribution is 5.41. The number of hydrogen-bond acceptors (Lipinski definition) is 3. The van der Waals surface area contributed by atoms with Crippen molar-refractivity contribution in [1.29, 1.82) is 0 Å². The summed E-state index contributed by atoms with van der Waals surface area (Å²) in [6.07, 6.45) is 4.11. The summed E-state index contributed by atoms with van der Waals surface area (Å²) in [5.74, 6) is 0. The second-order valence-electron chi connectivity index (χ2n) is 6.03. The third-order valence-corrected chi connectivity index (χ3v) is 4.79. The van der Waals surface area contributed by atoms with E-state index in [1.54, 1.807) is 0 Å². The van der Waals surface area contributed by atoms with E-state index < -0.39 is 0 Å². The molecule has 0 spiro atoms. The number of hydrogen-bond donors (Lipinski definition) is 1. The van der Waals surface area contributed by atoms with Crippen LogP contribution in [-0.4, -0.2) is 42.0 Å². The molecule has 0 amide bonds. The zero-order valence-corrected chi connectivity index (χ0v) is 11.9. The van der Waals surface area contributed by atoms with Crippen LogP contribution in [0.2, 0.25) is 0 Å². The van der Waals surface area contributed by atoms with Crippen molar-refractivity contribution in [2.45, 2.75) is 38.3 Å². The SMILES string of the molecule is CC(c1cccc(N)c1)N1CCC(N2CCCC2)C1. The molecule has 0 radical (unpaired) electrons. The number of likely N-dealkylation sites (tertiary alicyclic amines) is 2. The van der Waals surface area contributed by atoms with Crippen molar-refractivity contribution in [1.82, 2.24) is 9.80 Å². The van der Waals surface area contributed by atoms with Gasteiger partial charge in [0.25, 0.3) is 0 Å². The van der Waals surface area contributed by atoms with E-state index in [2.05, 4.69) is 34.9 Å². The van der Waals surface area contributed by atoms with Gasteiger partial charge in [0, 0.05) is 30.9 Å². The van der Waals surface area contributed by atoms with Crippen LogP contribution in [0, 0.1) is 0 Å². The lowest BCUT2D eigenvalue weighted by molar-refractivity contribution is 0.208. The van der Waals surface area contributed by atoms with E-state index >= 15 is 0 Å². The average Bonchev–Trinajstić information content (AvgIpc) is 3.08. The summed E-state index contributed by atoms with van der Waals surface area (Å²) in [5.41, 5.74) is 8.12. The topological polar surface area (TPSA) is 32.5 Å². The van der Waals surface area contributed by atoms with Crippen LogP contribution in [0.25, 0.3) is 0 Å².